The average Bonchev–Trinajstić information content (AvgIpc) is 2.76. The zero-order valence-electron chi connectivity index (χ0n) is 16.6. The van der Waals surface area contributed by atoms with E-state index in [0.29, 0.717) is 27.0 Å². The standard InChI is InChI=1S/C23H18BrCl2N3O3/c24-17-9-10-21(32-14-15-5-1-2-6-18(15)25)16(11-17)13-27-29-23(31)12-22(30)28-20-8-4-3-7-19(20)26/h1-11,13H,12,14H2,(H,28,30)(H,29,31). The lowest BCUT2D eigenvalue weighted by atomic mass is 10.2. The molecule has 0 fully saturated rings. The maximum absolute atomic E-state index is 12.0. The summed E-state index contributed by atoms with van der Waals surface area (Å²) in [6, 6.07) is 19.6. The third-order valence-electron chi connectivity index (χ3n) is 4.17. The number of hydrazone groups is 1. The van der Waals surface area contributed by atoms with Gasteiger partial charge in [-0.1, -0.05) is 69.5 Å². The summed E-state index contributed by atoms with van der Waals surface area (Å²) >= 11 is 15.6. The first-order chi connectivity index (χ1) is 15.4. The van der Waals surface area contributed by atoms with Crippen LogP contribution in [0.4, 0.5) is 5.69 Å². The zero-order valence-corrected chi connectivity index (χ0v) is 19.7. The Balaban J connectivity index is 1.57. The number of hydrogen-bond donors (Lipinski definition) is 2. The third kappa shape index (κ3) is 7.09. The smallest absolute Gasteiger partial charge is 0.249 e. The van der Waals surface area contributed by atoms with Crippen LogP contribution in [0.5, 0.6) is 5.75 Å². The number of halogens is 3. The minimum atomic E-state index is -0.570. The molecule has 0 unspecified atom stereocenters. The van der Waals surface area contributed by atoms with E-state index >= 15 is 0 Å². The van der Waals surface area contributed by atoms with Crippen molar-refractivity contribution < 1.29 is 14.3 Å². The van der Waals surface area contributed by atoms with E-state index in [-0.39, 0.29) is 6.61 Å². The number of rotatable bonds is 8. The zero-order chi connectivity index (χ0) is 22.9. The molecular formula is C23H18BrCl2N3O3. The van der Waals surface area contributed by atoms with Gasteiger partial charge in [0.15, 0.2) is 0 Å². The molecule has 0 aromatic heterocycles. The number of nitrogens with zero attached hydrogens (tertiary/aromatic N) is 1. The highest BCUT2D eigenvalue weighted by molar-refractivity contribution is 9.10. The first kappa shape index (κ1) is 23.8. The Hall–Kier alpha value is -2.87. The Morgan fingerprint density at radius 1 is 0.969 bits per heavy atom. The molecule has 0 spiro atoms. The fourth-order valence-electron chi connectivity index (χ4n) is 2.64. The molecule has 0 saturated heterocycles. The molecule has 2 amide bonds. The van der Waals surface area contributed by atoms with Gasteiger partial charge in [-0.2, -0.15) is 5.10 Å². The van der Waals surface area contributed by atoms with Crippen LogP contribution in [-0.4, -0.2) is 18.0 Å². The van der Waals surface area contributed by atoms with Crippen LogP contribution in [0.3, 0.4) is 0 Å². The minimum absolute atomic E-state index is 0.275. The van der Waals surface area contributed by atoms with Crippen LogP contribution in [0.1, 0.15) is 17.5 Å². The number of anilines is 1. The monoisotopic (exact) mass is 533 g/mol. The maximum atomic E-state index is 12.0. The predicted octanol–water partition coefficient (Wildman–Crippen LogP) is 5.81. The minimum Gasteiger partial charge on any atom is -0.488 e. The number of carbonyl (C=O) groups is 2. The van der Waals surface area contributed by atoms with Crippen molar-refractivity contribution in [1.82, 2.24) is 5.43 Å². The molecule has 2 N–H and O–H groups in total. The van der Waals surface area contributed by atoms with Crippen molar-refractivity contribution in [3.63, 3.8) is 0 Å². The molecule has 0 heterocycles. The Morgan fingerprint density at radius 3 is 2.44 bits per heavy atom. The van der Waals surface area contributed by atoms with Gasteiger partial charge in [0, 0.05) is 20.6 Å². The number of ether oxygens (including phenoxy) is 1. The van der Waals surface area contributed by atoms with E-state index in [4.69, 9.17) is 27.9 Å². The van der Waals surface area contributed by atoms with Crippen molar-refractivity contribution in [2.24, 2.45) is 5.10 Å². The van der Waals surface area contributed by atoms with Crippen molar-refractivity contribution in [1.29, 1.82) is 0 Å². The second-order valence-corrected chi connectivity index (χ2v) is 8.29. The van der Waals surface area contributed by atoms with E-state index in [9.17, 15) is 9.59 Å². The highest BCUT2D eigenvalue weighted by atomic mass is 79.9. The molecule has 0 atom stereocenters. The summed E-state index contributed by atoms with van der Waals surface area (Å²) in [6.07, 6.45) is 1.04. The Labute approximate surface area is 203 Å². The lowest BCUT2D eigenvalue weighted by Gasteiger charge is -2.10. The molecule has 32 heavy (non-hydrogen) atoms. The molecule has 3 aromatic carbocycles. The second kappa shape index (κ2) is 11.7. The molecule has 0 bridgehead atoms. The number of benzene rings is 3. The van der Waals surface area contributed by atoms with Gasteiger partial charge in [0.25, 0.3) is 0 Å². The van der Waals surface area contributed by atoms with Crippen molar-refractivity contribution in [2.75, 3.05) is 5.32 Å². The highest BCUT2D eigenvalue weighted by Crippen LogP contribution is 2.24. The molecule has 0 aliphatic carbocycles. The fourth-order valence-corrected chi connectivity index (χ4v) is 3.39. The van der Waals surface area contributed by atoms with Gasteiger partial charge < -0.3 is 10.1 Å². The quantitative estimate of drug-likeness (QED) is 0.217. The number of amides is 2. The average molecular weight is 535 g/mol. The predicted molar refractivity (Wildman–Crippen MR) is 130 cm³/mol. The SMILES string of the molecule is O=C(CC(=O)Nc1ccccc1Cl)NN=Cc1cc(Br)ccc1OCc1ccccc1Cl. The first-order valence-electron chi connectivity index (χ1n) is 9.44. The molecular weight excluding hydrogens is 517 g/mol. The van der Waals surface area contributed by atoms with Crippen molar-refractivity contribution in [3.8, 4) is 5.75 Å². The lowest BCUT2D eigenvalue weighted by molar-refractivity contribution is -0.126. The highest BCUT2D eigenvalue weighted by Gasteiger charge is 2.11. The fraction of sp³-hybridized carbons (Fsp3) is 0.0870. The van der Waals surface area contributed by atoms with Crippen molar-refractivity contribution >= 4 is 62.8 Å². The number of nitrogens with one attached hydrogen (secondary N) is 2. The van der Waals surface area contributed by atoms with E-state index in [1.165, 1.54) is 6.21 Å². The molecule has 0 aliphatic rings. The van der Waals surface area contributed by atoms with Gasteiger partial charge in [-0.25, -0.2) is 5.43 Å². The van der Waals surface area contributed by atoms with Crippen molar-refractivity contribution in [3.05, 3.63) is 92.4 Å². The van der Waals surface area contributed by atoms with Crippen molar-refractivity contribution in [2.45, 2.75) is 13.0 Å². The molecule has 0 aliphatic heterocycles. The third-order valence-corrected chi connectivity index (χ3v) is 5.37. The van der Waals surface area contributed by atoms with Gasteiger partial charge in [0.05, 0.1) is 16.9 Å². The Morgan fingerprint density at radius 2 is 1.69 bits per heavy atom. The van der Waals surface area contributed by atoms with Crippen LogP contribution >= 0.6 is 39.1 Å². The van der Waals surface area contributed by atoms with Gasteiger partial charge in [0.2, 0.25) is 11.8 Å². The number of para-hydroxylation sites is 1. The van der Waals surface area contributed by atoms with Gasteiger partial charge in [0.1, 0.15) is 18.8 Å². The second-order valence-electron chi connectivity index (χ2n) is 6.56. The summed E-state index contributed by atoms with van der Waals surface area (Å²) in [7, 11) is 0. The summed E-state index contributed by atoms with van der Waals surface area (Å²) in [4.78, 5) is 24.1. The van der Waals surface area contributed by atoms with E-state index in [2.05, 4.69) is 31.8 Å². The summed E-state index contributed by atoms with van der Waals surface area (Å²) in [6.45, 7) is 0.275. The van der Waals surface area contributed by atoms with Gasteiger partial charge >= 0.3 is 0 Å². The van der Waals surface area contributed by atoms with E-state index < -0.39 is 18.2 Å². The van der Waals surface area contributed by atoms with Crippen LogP contribution < -0.4 is 15.5 Å². The maximum Gasteiger partial charge on any atom is 0.249 e. The largest absolute Gasteiger partial charge is 0.488 e. The molecule has 9 heteroatoms. The lowest BCUT2D eigenvalue weighted by Crippen LogP contribution is -2.24. The normalized spacial score (nSPS) is 10.7. The molecule has 3 rings (SSSR count). The molecule has 0 radical (unpaired) electrons. The number of carbonyl (C=O) groups excluding carboxylic acids is 2. The van der Waals surface area contributed by atoms with E-state index in [1.807, 2.05) is 24.3 Å². The topological polar surface area (TPSA) is 79.8 Å². The van der Waals surface area contributed by atoms with Crippen LogP contribution in [0.25, 0.3) is 0 Å². The summed E-state index contributed by atoms with van der Waals surface area (Å²) in [5, 5.41) is 7.52. The summed E-state index contributed by atoms with van der Waals surface area (Å²) in [5.41, 5.74) is 4.25. The molecule has 3 aromatic rings. The van der Waals surface area contributed by atoms with Gasteiger partial charge in [-0.3, -0.25) is 9.59 Å². The van der Waals surface area contributed by atoms with E-state index in [0.717, 1.165) is 10.0 Å². The summed E-state index contributed by atoms with van der Waals surface area (Å²) < 4.78 is 6.69. The Kier molecular flexibility index (Phi) is 8.67. The summed E-state index contributed by atoms with van der Waals surface area (Å²) in [5.74, 6) is -0.515. The van der Waals surface area contributed by atoms with Crippen LogP contribution in [0.2, 0.25) is 10.0 Å². The molecule has 164 valence electrons. The Bertz CT molecular complexity index is 1150. The van der Waals surface area contributed by atoms with Crippen LogP contribution in [0.15, 0.2) is 76.3 Å². The number of hydrogen-bond acceptors (Lipinski definition) is 4. The van der Waals surface area contributed by atoms with Gasteiger partial charge in [-0.15, -0.1) is 0 Å². The van der Waals surface area contributed by atoms with Crippen LogP contribution in [-0.2, 0) is 16.2 Å². The first-order valence-corrected chi connectivity index (χ1v) is 11.0. The van der Waals surface area contributed by atoms with Gasteiger partial charge in [-0.05, 0) is 36.4 Å². The van der Waals surface area contributed by atoms with E-state index in [1.54, 1.807) is 42.5 Å². The molecule has 0 saturated carbocycles. The molecule has 6 nitrogen and oxygen atoms in total. The van der Waals surface area contributed by atoms with Crippen LogP contribution in [0, 0.1) is 0 Å².